The summed E-state index contributed by atoms with van der Waals surface area (Å²) in [7, 11) is 0. The van der Waals surface area contributed by atoms with Gasteiger partial charge in [0.1, 0.15) is 0 Å². The van der Waals surface area contributed by atoms with Gasteiger partial charge in [0.05, 0.1) is 0 Å². The zero-order chi connectivity index (χ0) is 12.4. The van der Waals surface area contributed by atoms with Crippen LogP contribution in [0.1, 0.15) is 52.9 Å². The Balaban J connectivity index is 1.75. The van der Waals surface area contributed by atoms with E-state index in [0.29, 0.717) is 30.0 Å². The highest BCUT2D eigenvalue weighted by molar-refractivity contribution is 5.76. The number of hydrogen-bond donors (Lipinski definition) is 2. The van der Waals surface area contributed by atoms with Gasteiger partial charge in [-0.25, -0.2) is 0 Å². The Hall–Kier alpha value is -0.570. The quantitative estimate of drug-likeness (QED) is 0.787. The van der Waals surface area contributed by atoms with E-state index in [4.69, 9.17) is 0 Å². The summed E-state index contributed by atoms with van der Waals surface area (Å²) in [5.41, 5.74) is 0. The Morgan fingerprint density at radius 3 is 2.35 bits per heavy atom. The minimum absolute atomic E-state index is 0.248. The van der Waals surface area contributed by atoms with E-state index in [0.717, 1.165) is 6.42 Å². The van der Waals surface area contributed by atoms with Crippen LogP contribution in [0.2, 0.25) is 0 Å². The number of piperidine rings is 1. The van der Waals surface area contributed by atoms with E-state index in [2.05, 4.69) is 31.4 Å². The van der Waals surface area contributed by atoms with Gasteiger partial charge in [-0.2, -0.15) is 0 Å². The molecule has 0 spiro atoms. The van der Waals surface area contributed by atoms with Crippen LogP contribution in [0.4, 0.5) is 0 Å². The normalized spacial score (nSPS) is 33.8. The van der Waals surface area contributed by atoms with E-state index in [1.807, 2.05) is 0 Å². The zero-order valence-electron chi connectivity index (χ0n) is 11.3. The minimum Gasteiger partial charge on any atom is -0.353 e. The molecule has 2 fully saturated rings. The first kappa shape index (κ1) is 12.9. The van der Waals surface area contributed by atoms with Crippen molar-refractivity contribution in [2.45, 2.75) is 71.0 Å². The van der Waals surface area contributed by atoms with Crippen LogP contribution < -0.4 is 10.6 Å². The third kappa shape index (κ3) is 3.44. The third-order valence-corrected chi connectivity index (χ3v) is 4.43. The summed E-state index contributed by atoms with van der Waals surface area (Å²) in [6, 6.07) is 1.67. The van der Waals surface area contributed by atoms with Crippen molar-refractivity contribution in [3.8, 4) is 0 Å². The Morgan fingerprint density at radius 2 is 1.82 bits per heavy atom. The molecule has 2 aliphatic rings. The number of hydrogen-bond acceptors (Lipinski definition) is 2. The van der Waals surface area contributed by atoms with Gasteiger partial charge in [0.2, 0.25) is 5.91 Å². The SMILES string of the molecule is CC(C)C(C)NC(=O)CC1CC2CCC(C1)N2. The van der Waals surface area contributed by atoms with Gasteiger partial charge in [-0.1, -0.05) is 13.8 Å². The zero-order valence-corrected chi connectivity index (χ0v) is 11.3. The van der Waals surface area contributed by atoms with Crippen molar-refractivity contribution in [2.24, 2.45) is 11.8 Å². The lowest BCUT2D eigenvalue weighted by Crippen LogP contribution is -2.41. The maximum Gasteiger partial charge on any atom is 0.220 e. The largest absolute Gasteiger partial charge is 0.353 e. The van der Waals surface area contributed by atoms with Gasteiger partial charge in [-0.05, 0) is 44.4 Å². The summed E-state index contributed by atoms with van der Waals surface area (Å²) in [5, 5.41) is 6.74. The summed E-state index contributed by atoms with van der Waals surface area (Å²) in [6.07, 6.45) is 5.74. The molecule has 0 radical (unpaired) electrons. The Bertz CT molecular complexity index is 265. The molecule has 2 saturated heterocycles. The molecule has 0 saturated carbocycles. The molecule has 3 heteroatoms. The molecular formula is C14H26N2O. The molecule has 0 aromatic heterocycles. The molecule has 3 unspecified atom stereocenters. The van der Waals surface area contributed by atoms with E-state index in [1.165, 1.54) is 25.7 Å². The second-order valence-electron chi connectivity index (χ2n) is 6.28. The molecule has 0 aromatic carbocycles. The number of carbonyl (C=O) groups excluding carboxylic acids is 1. The van der Waals surface area contributed by atoms with Crippen molar-refractivity contribution in [2.75, 3.05) is 0 Å². The lowest BCUT2D eigenvalue weighted by atomic mass is 9.89. The smallest absolute Gasteiger partial charge is 0.220 e. The molecule has 0 aliphatic carbocycles. The predicted octanol–water partition coefficient (Wildman–Crippen LogP) is 2.07. The van der Waals surface area contributed by atoms with Crippen molar-refractivity contribution in [1.82, 2.24) is 10.6 Å². The van der Waals surface area contributed by atoms with Crippen molar-refractivity contribution < 1.29 is 4.79 Å². The lowest BCUT2D eigenvalue weighted by Gasteiger charge is -2.29. The molecule has 0 aromatic rings. The molecule has 1 amide bonds. The monoisotopic (exact) mass is 238 g/mol. The molecule has 2 N–H and O–H groups in total. The number of carbonyl (C=O) groups is 1. The van der Waals surface area contributed by atoms with Gasteiger partial charge < -0.3 is 10.6 Å². The van der Waals surface area contributed by atoms with E-state index >= 15 is 0 Å². The maximum absolute atomic E-state index is 11.9. The average Bonchev–Trinajstić information content (AvgIpc) is 2.57. The fourth-order valence-electron chi connectivity index (χ4n) is 3.08. The van der Waals surface area contributed by atoms with Gasteiger partial charge in [-0.15, -0.1) is 0 Å². The molecule has 2 rings (SSSR count). The molecule has 2 aliphatic heterocycles. The first-order valence-corrected chi connectivity index (χ1v) is 7.10. The molecule has 17 heavy (non-hydrogen) atoms. The van der Waals surface area contributed by atoms with Crippen LogP contribution in [0.25, 0.3) is 0 Å². The van der Waals surface area contributed by atoms with Crippen LogP contribution in [0.15, 0.2) is 0 Å². The fourth-order valence-corrected chi connectivity index (χ4v) is 3.08. The van der Waals surface area contributed by atoms with E-state index in [9.17, 15) is 4.79 Å². The predicted molar refractivity (Wildman–Crippen MR) is 69.7 cm³/mol. The number of amides is 1. The fraction of sp³-hybridized carbons (Fsp3) is 0.929. The summed E-state index contributed by atoms with van der Waals surface area (Å²) < 4.78 is 0. The third-order valence-electron chi connectivity index (χ3n) is 4.43. The first-order chi connectivity index (χ1) is 8.04. The van der Waals surface area contributed by atoms with Crippen LogP contribution in [-0.4, -0.2) is 24.0 Å². The Labute approximate surface area is 105 Å². The summed E-state index contributed by atoms with van der Waals surface area (Å²) in [6.45, 7) is 6.39. The van der Waals surface area contributed by atoms with Crippen LogP contribution in [0.5, 0.6) is 0 Å². The van der Waals surface area contributed by atoms with Crippen molar-refractivity contribution in [3.05, 3.63) is 0 Å². The molecule has 2 heterocycles. The van der Waals surface area contributed by atoms with E-state index < -0.39 is 0 Å². The van der Waals surface area contributed by atoms with Crippen molar-refractivity contribution in [1.29, 1.82) is 0 Å². The summed E-state index contributed by atoms with van der Waals surface area (Å²) in [4.78, 5) is 11.9. The Kier molecular flexibility index (Phi) is 4.08. The highest BCUT2D eigenvalue weighted by Gasteiger charge is 2.34. The molecular weight excluding hydrogens is 212 g/mol. The van der Waals surface area contributed by atoms with Gasteiger partial charge in [-0.3, -0.25) is 4.79 Å². The van der Waals surface area contributed by atoms with Gasteiger partial charge >= 0.3 is 0 Å². The van der Waals surface area contributed by atoms with Crippen LogP contribution in [0, 0.1) is 11.8 Å². The molecule has 3 nitrogen and oxygen atoms in total. The van der Waals surface area contributed by atoms with Gasteiger partial charge in [0, 0.05) is 24.5 Å². The highest BCUT2D eigenvalue weighted by atomic mass is 16.1. The second-order valence-corrected chi connectivity index (χ2v) is 6.28. The molecule has 98 valence electrons. The highest BCUT2D eigenvalue weighted by Crippen LogP contribution is 2.32. The number of fused-ring (bicyclic) bond motifs is 2. The second kappa shape index (κ2) is 5.38. The van der Waals surface area contributed by atoms with Crippen molar-refractivity contribution >= 4 is 5.91 Å². The van der Waals surface area contributed by atoms with Crippen molar-refractivity contribution in [3.63, 3.8) is 0 Å². The maximum atomic E-state index is 11.9. The topological polar surface area (TPSA) is 41.1 Å². The summed E-state index contributed by atoms with van der Waals surface area (Å²) in [5.74, 6) is 1.37. The summed E-state index contributed by atoms with van der Waals surface area (Å²) >= 11 is 0. The lowest BCUT2D eigenvalue weighted by molar-refractivity contribution is -0.123. The average molecular weight is 238 g/mol. The standard InChI is InChI=1S/C14H26N2O/c1-9(2)10(3)15-14(17)8-11-6-12-4-5-13(7-11)16-12/h9-13,16H,4-8H2,1-3H3,(H,15,17). The molecule has 3 atom stereocenters. The van der Waals surface area contributed by atoms with E-state index in [1.54, 1.807) is 0 Å². The Morgan fingerprint density at radius 1 is 1.24 bits per heavy atom. The first-order valence-electron chi connectivity index (χ1n) is 7.10. The van der Waals surface area contributed by atoms with Crippen LogP contribution in [0.3, 0.4) is 0 Å². The number of rotatable bonds is 4. The number of nitrogens with one attached hydrogen (secondary N) is 2. The minimum atomic E-state index is 0.248. The van der Waals surface area contributed by atoms with Crippen LogP contribution in [-0.2, 0) is 4.79 Å². The van der Waals surface area contributed by atoms with Gasteiger partial charge in [0.25, 0.3) is 0 Å². The molecule has 2 bridgehead atoms. The van der Waals surface area contributed by atoms with E-state index in [-0.39, 0.29) is 5.91 Å². The van der Waals surface area contributed by atoms with Gasteiger partial charge in [0.15, 0.2) is 0 Å². The van der Waals surface area contributed by atoms with Crippen LogP contribution >= 0.6 is 0 Å².